The van der Waals surface area contributed by atoms with Crippen LogP contribution in [0.1, 0.15) is 0 Å². The zero-order valence-corrected chi connectivity index (χ0v) is 7.14. The molecule has 5 heteroatoms. The van der Waals surface area contributed by atoms with Crippen LogP contribution in [0.2, 0.25) is 0 Å². The third kappa shape index (κ3) is 3.27. The van der Waals surface area contributed by atoms with Crippen LogP contribution in [0, 0.1) is 0 Å². The second-order valence-corrected chi connectivity index (χ2v) is 2.35. The molecule has 0 rings (SSSR count). The van der Waals surface area contributed by atoms with Crippen molar-refractivity contribution in [1.82, 2.24) is 0 Å². The lowest BCUT2D eigenvalue weighted by Gasteiger charge is -2.22. The van der Waals surface area contributed by atoms with Crippen molar-refractivity contribution < 1.29 is 24.5 Å². The smallest absolute Gasteiger partial charge is 0.151 e. The van der Waals surface area contributed by atoms with Crippen molar-refractivity contribution in [3.05, 3.63) is 0 Å². The van der Waals surface area contributed by atoms with Gasteiger partial charge in [0.25, 0.3) is 0 Å². The van der Waals surface area contributed by atoms with Gasteiger partial charge in [-0.1, -0.05) is 0 Å². The summed E-state index contributed by atoms with van der Waals surface area (Å²) >= 11 is 0. The van der Waals surface area contributed by atoms with Crippen LogP contribution in [0.15, 0.2) is 0 Å². The van der Waals surface area contributed by atoms with Crippen molar-refractivity contribution in [2.75, 3.05) is 20.8 Å². The maximum absolute atomic E-state index is 10.1. The molecule has 0 fully saturated rings. The molecular weight excluding hydrogens is 164 g/mol. The lowest BCUT2D eigenvalue weighted by atomic mass is 10.1. The monoisotopic (exact) mass is 178 g/mol. The first-order chi connectivity index (χ1) is 5.67. The molecule has 72 valence electrons. The lowest BCUT2D eigenvalue weighted by Crippen LogP contribution is -2.42. The van der Waals surface area contributed by atoms with E-state index in [0.717, 1.165) is 0 Å². The van der Waals surface area contributed by atoms with Crippen LogP contribution in [-0.4, -0.2) is 55.6 Å². The van der Waals surface area contributed by atoms with E-state index in [4.69, 9.17) is 9.84 Å². The number of hydrogen-bond donors (Lipinski definition) is 2. The molecule has 0 aliphatic rings. The lowest BCUT2D eigenvalue weighted by molar-refractivity contribution is -0.133. The van der Waals surface area contributed by atoms with Gasteiger partial charge in [0, 0.05) is 14.2 Å². The van der Waals surface area contributed by atoms with E-state index in [1.165, 1.54) is 14.2 Å². The maximum atomic E-state index is 10.1. The minimum absolute atomic E-state index is 0.0173. The second kappa shape index (κ2) is 6.07. The third-order valence-corrected chi connectivity index (χ3v) is 1.46. The number of aldehydes is 1. The molecule has 0 radical (unpaired) electrons. The van der Waals surface area contributed by atoms with Gasteiger partial charge >= 0.3 is 0 Å². The fraction of sp³-hybridized carbons (Fsp3) is 0.857. The summed E-state index contributed by atoms with van der Waals surface area (Å²) in [5.41, 5.74) is 0. The topological polar surface area (TPSA) is 76.0 Å². The molecule has 12 heavy (non-hydrogen) atoms. The normalized spacial score (nSPS) is 18.3. The van der Waals surface area contributed by atoms with Gasteiger partial charge in [0.1, 0.15) is 18.3 Å². The number of aliphatic hydroxyl groups excluding tert-OH is 2. The fourth-order valence-electron chi connectivity index (χ4n) is 0.867. The predicted octanol–water partition coefficient (Wildman–Crippen LogP) is -1.43. The molecule has 0 spiro atoms. The summed E-state index contributed by atoms with van der Waals surface area (Å²) in [5, 5.41) is 18.2. The molecule has 0 aliphatic carbocycles. The highest BCUT2D eigenvalue weighted by atomic mass is 16.5. The highest BCUT2D eigenvalue weighted by Gasteiger charge is 2.26. The van der Waals surface area contributed by atoms with Gasteiger partial charge in [0.05, 0.1) is 6.61 Å². The Morgan fingerprint density at radius 2 is 2.00 bits per heavy atom. The Balaban J connectivity index is 4.02. The Kier molecular flexibility index (Phi) is 5.83. The molecule has 3 atom stereocenters. The fourth-order valence-corrected chi connectivity index (χ4v) is 0.867. The summed E-state index contributed by atoms with van der Waals surface area (Å²) < 4.78 is 9.33. The van der Waals surface area contributed by atoms with Crippen molar-refractivity contribution in [3.63, 3.8) is 0 Å². The van der Waals surface area contributed by atoms with Gasteiger partial charge in [0.2, 0.25) is 0 Å². The average Bonchev–Trinajstić information content (AvgIpc) is 2.06. The van der Waals surface area contributed by atoms with Crippen molar-refractivity contribution in [1.29, 1.82) is 0 Å². The summed E-state index contributed by atoms with van der Waals surface area (Å²) in [7, 11) is 2.71. The van der Waals surface area contributed by atoms with Gasteiger partial charge in [-0.15, -0.1) is 0 Å². The van der Waals surface area contributed by atoms with Crippen LogP contribution in [0.3, 0.4) is 0 Å². The number of hydrogen-bond acceptors (Lipinski definition) is 5. The van der Waals surface area contributed by atoms with Crippen molar-refractivity contribution in [2.24, 2.45) is 0 Å². The molecule has 0 heterocycles. The molecule has 0 amide bonds. The zero-order chi connectivity index (χ0) is 9.56. The third-order valence-electron chi connectivity index (χ3n) is 1.46. The number of carbonyl (C=O) groups is 1. The van der Waals surface area contributed by atoms with Crippen LogP contribution in [0.5, 0.6) is 0 Å². The van der Waals surface area contributed by atoms with Crippen LogP contribution in [-0.2, 0) is 14.3 Å². The van der Waals surface area contributed by atoms with Crippen molar-refractivity contribution in [3.8, 4) is 0 Å². The number of rotatable bonds is 6. The summed E-state index contributed by atoms with van der Waals surface area (Å²) in [6.45, 7) is 0.0173. The summed E-state index contributed by atoms with van der Waals surface area (Å²) in [5.74, 6) is 0. The van der Waals surface area contributed by atoms with Crippen LogP contribution in [0.4, 0.5) is 0 Å². The first-order valence-corrected chi connectivity index (χ1v) is 3.50. The van der Waals surface area contributed by atoms with E-state index < -0.39 is 18.3 Å². The van der Waals surface area contributed by atoms with E-state index in [2.05, 4.69) is 4.74 Å². The number of aliphatic hydroxyl groups is 2. The van der Waals surface area contributed by atoms with Crippen LogP contribution in [0.25, 0.3) is 0 Å². The van der Waals surface area contributed by atoms with E-state index in [0.29, 0.717) is 6.29 Å². The SMILES string of the molecule is COC[C@@H](O)[C@H](OC)[C@@H](O)C=O. The molecule has 0 saturated carbocycles. The van der Waals surface area contributed by atoms with Gasteiger partial charge in [-0.25, -0.2) is 0 Å². The molecule has 0 aromatic rings. The summed E-state index contributed by atoms with van der Waals surface area (Å²) in [6, 6.07) is 0. The molecule has 0 bridgehead atoms. The zero-order valence-electron chi connectivity index (χ0n) is 7.14. The first-order valence-electron chi connectivity index (χ1n) is 3.50. The first kappa shape index (κ1) is 11.5. The molecule has 0 aromatic carbocycles. The van der Waals surface area contributed by atoms with Crippen LogP contribution >= 0.6 is 0 Å². The highest BCUT2D eigenvalue weighted by molar-refractivity contribution is 5.56. The largest absolute Gasteiger partial charge is 0.388 e. The highest BCUT2D eigenvalue weighted by Crippen LogP contribution is 2.03. The van der Waals surface area contributed by atoms with Gasteiger partial charge < -0.3 is 24.5 Å². The van der Waals surface area contributed by atoms with E-state index in [-0.39, 0.29) is 6.61 Å². The number of ether oxygens (including phenoxy) is 2. The van der Waals surface area contributed by atoms with E-state index >= 15 is 0 Å². The van der Waals surface area contributed by atoms with Gasteiger partial charge in [-0.2, -0.15) is 0 Å². The van der Waals surface area contributed by atoms with E-state index in [9.17, 15) is 9.90 Å². The Labute approximate surface area is 70.9 Å². The standard InChI is InChI=1S/C7H14O5/c1-11-4-6(10)7(12-2)5(9)3-8/h3,5-7,9-10H,4H2,1-2H3/t5-,6+,7+/m0/s1. The Hall–Kier alpha value is -0.490. The molecule has 0 unspecified atom stereocenters. The molecule has 0 aromatic heterocycles. The van der Waals surface area contributed by atoms with Gasteiger partial charge in [0.15, 0.2) is 6.29 Å². The molecular formula is C7H14O5. The summed E-state index contributed by atoms with van der Waals surface area (Å²) in [6.07, 6.45) is -2.93. The number of carbonyl (C=O) groups excluding carboxylic acids is 1. The molecule has 0 aliphatic heterocycles. The number of methoxy groups -OCH3 is 2. The molecule has 0 saturated heterocycles. The Bertz CT molecular complexity index is 127. The van der Waals surface area contributed by atoms with E-state index in [1.54, 1.807) is 0 Å². The van der Waals surface area contributed by atoms with E-state index in [1.807, 2.05) is 0 Å². The average molecular weight is 178 g/mol. The molecule has 2 N–H and O–H groups in total. The maximum Gasteiger partial charge on any atom is 0.151 e. The molecule has 5 nitrogen and oxygen atoms in total. The Morgan fingerprint density at radius 1 is 1.42 bits per heavy atom. The van der Waals surface area contributed by atoms with Crippen LogP contribution < -0.4 is 0 Å². The van der Waals surface area contributed by atoms with Gasteiger partial charge in [-0.05, 0) is 0 Å². The van der Waals surface area contributed by atoms with Crippen molar-refractivity contribution >= 4 is 6.29 Å². The Morgan fingerprint density at radius 3 is 2.33 bits per heavy atom. The quantitative estimate of drug-likeness (QED) is 0.488. The minimum Gasteiger partial charge on any atom is -0.388 e. The van der Waals surface area contributed by atoms with Crippen molar-refractivity contribution in [2.45, 2.75) is 18.3 Å². The second-order valence-electron chi connectivity index (χ2n) is 2.35. The minimum atomic E-state index is -1.32. The van der Waals surface area contributed by atoms with Gasteiger partial charge in [-0.3, -0.25) is 0 Å². The summed E-state index contributed by atoms with van der Waals surface area (Å²) in [4.78, 5) is 10.1. The predicted molar refractivity (Wildman–Crippen MR) is 40.8 cm³/mol.